The third-order valence-corrected chi connectivity index (χ3v) is 4.89. The van der Waals surface area contributed by atoms with Gasteiger partial charge in [0.15, 0.2) is 11.0 Å². The quantitative estimate of drug-likeness (QED) is 0.633. The van der Waals surface area contributed by atoms with Crippen molar-refractivity contribution in [1.29, 1.82) is 0 Å². The van der Waals surface area contributed by atoms with Crippen LogP contribution in [0.5, 0.6) is 5.75 Å². The summed E-state index contributed by atoms with van der Waals surface area (Å²) in [6, 6.07) is 7.65. The largest absolute Gasteiger partial charge is 0.496 e. The van der Waals surface area contributed by atoms with E-state index in [1.807, 2.05) is 35.8 Å². The fraction of sp³-hybridized carbons (Fsp3) is 0.267. The van der Waals surface area contributed by atoms with Gasteiger partial charge in [-0.3, -0.25) is 10.1 Å². The second-order valence-electron chi connectivity index (χ2n) is 4.83. The molecule has 1 amide bonds. The normalized spacial score (nSPS) is 10.6. The number of nitrogens with zero attached hydrogens (tertiary/aromatic N) is 5. The second-order valence-corrected chi connectivity index (χ2v) is 6.61. The van der Waals surface area contributed by atoms with Crippen molar-refractivity contribution in [3.63, 3.8) is 0 Å². The number of thioether (sulfide) groups is 1. The van der Waals surface area contributed by atoms with Crippen LogP contribution >= 0.6 is 23.1 Å². The number of benzene rings is 1. The molecule has 0 saturated heterocycles. The molecule has 25 heavy (non-hydrogen) atoms. The molecule has 0 radical (unpaired) electrons. The molecule has 1 aromatic carbocycles. The molecule has 0 aliphatic heterocycles. The molecule has 0 spiro atoms. The Bertz CT molecular complexity index is 850. The SMILES string of the molecule is CCn1c(SCC(=O)Nc2nncs2)nnc1-c1ccccc1OC. The van der Waals surface area contributed by atoms with Gasteiger partial charge in [-0.05, 0) is 19.1 Å². The monoisotopic (exact) mass is 376 g/mol. The maximum Gasteiger partial charge on any atom is 0.236 e. The molecule has 1 N–H and O–H groups in total. The summed E-state index contributed by atoms with van der Waals surface area (Å²) in [7, 11) is 1.62. The minimum absolute atomic E-state index is 0.161. The summed E-state index contributed by atoms with van der Waals surface area (Å²) in [6.45, 7) is 2.69. The van der Waals surface area contributed by atoms with Crippen molar-refractivity contribution in [2.45, 2.75) is 18.6 Å². The number of amides is 1. The maximum absolute atomic E-state index is 12.0. The summed E-state index contributed by atoms with van der Waals surface area (Å²) in [4.78, 5) is 12.0. The smallest absolute Gasteiger partial charge is 0.236 e. The van der Waals surface area contributed by atoms with Crippen molar-refractivity contribution in [2.24, 2.45) is 0 Å². The lowest BCUT2D eigenvalue weighted by Crippen LogP contribution is -2.14. The number of carbonyl (C=O) groups is 1. The van der Waals surface area contributed by atoms with Crippen molar-refractivity contribution in [3.05, 3.63) is 29.8 Å². The number of nitrogens with one attached hydrogen (secondary N) is 1. The molecule has 3 aromatic rings. The van der Waals surface area contributed by atoms with Gasteiger partial charge in [0.1, 0.15) is 11.3 Å². The van der Waals surface area contributed by atoms with Crippen LogP contribution in [0.15, 0.2) is 34.9 Å². The fourth-order valence-corrected chi connectivity index (χ4v) is 3.49. The molecule has 0 unspecified atom stereocenters. The van der Waals surface area contributed by atoms with Crippen LogP contribution in [0.2, 0.25) is 0 Å². The predicted molar refractivity (Wildman–Crippen MR) is 96.9 cm³/mol. The molecule has 0 aliphatic rings. The summed E-state index contributed by atoms with van der Waals surface area (Å²) in [5.74, 6) is 1.50. The number of aromatic nitrogens is 5. The Morgan fingerprint density at radius 1 is 1.32 bits per heavy atom. The van der Waals surface area contributed by atoms with Gasteiger partial charge in [0, 0.05) is 6.54 Å². The molecule has 0 aliphatic carbocycles. The Balaban J connectivity index is 1.75. The lowest BCUT2D eigenvalue weighted by atomic mass is 10.2. The Morgan fingerprint density at radius 3 is 2.88 bits per heavy atom. The first-order valence-electron chi connectivity index (χ1n) is 7.48. The van der Waals surface area contributed by atoms with Crippen LogP contribution in [0.4, 0.5) is 5.13 Å². The fourth-order valence-electron chi connectivity index (χ4n) is 2.22. The van der Waals surface area contributed by atoms with Crippen LogP contribution in [0.1, 0.15) is 6.92 Å². The van der Waals surface area contributed by atoms with E-state index in [0.29, 0.717) is 22.7 Å². The highest BCUT2D eigenvalue weighted by Crippen LogP contribution is 2.30. The predicted octanol–water partition coefficient (Wildman–Crippen LogP) is 2.56. The number of carbonyl (C=O) groups excluding carboxylic acids is 1. The van der Waals surface area contributed by atoms with Gasteiger partial charge in [0.2, 0.25) is 11.0 Å². The zero-order valence-corrected chi connectivity index (χ0v) is 15.3. The molecule has 0 atom stereocenters. The Labute approximate surface area is 152 Å². The zero-order valence-electron chi connectivity index (χ0n) is 13.7. The van der Waals surface area contributed by atoms with Gasteiger partial charge in [0.25, 0.3) is 0 Å². The van der Waals surface area contributed by atoms with E-state index in [9.17, 15) is 4.79 Å². The minimum atomic E-state index is -0.161. The van der Waals surface area contributed by atoms with Crippen molar-refractivity contribution in [3.8, 4) is 17.1 Å². The van der Waals surface area contributed by atoms with E-state index < -0.39 is 0 Å². The van der Waals surface area contributed by atoms with Gasteiger partial charge in [0.05, 0.1) is 18.4 Å². The van der Waals surface area contributed by atoms with Crippen LogP contribution in [0.25, 0.3) is 11.4 Å². The Kier molecular flexibility index (Phi) is 5.61. The average molecular weight is 376 g/mol. The van der Waals surface area contributed by atoms with E-state index in [2.05, 4.69) is 25.7 Å². The van der Waals surface area contributed by atoms with Crippen molar-refractivity contribution in [1.82, 2.24) is 25.0 Å². The summed E-state index contributed by atoms with van der Waals surface area (Å²) in [6.07, 6.45) is 0. The number of anilines is 1. The van der Waals surface area contributed by atoms with E-state index in [0.717, 1.165) is 11.3 Å². The zero-order chi connectivity index (χ0) is 17.6. The molecule has 0 bridgehead atoms. The topological polar surface area (TPSA) is 94.8 Å². The van der Waals surface area contributed by atoms with Gasteiger partial charge in [-0.25, -0.2) is 0 Å². The second kappa shape index (κ2) is 8.08. The summed E-state index contributed by atoms with van der Waals surface area (Å²) >= 11 is 2.60. The highest BCUT2D eigenvalue weighted by atomic mass is 32.2. The molecule has 10 heteroatoms. The van der Waals surface area contributed by atoms with Crippen LogP contribution in [-0.4, -0.2) is 43.7 Å². The first-order valence-corrected chi connectivity index (χ1v) is 9.34. The Hall–Kier alpha value is -2.46. The third kappa shape index (κ3) is 3.97. The van der Waals surface area contributed by atoms with Gasteiger partial charge >= 0.3 is 0 Å². The van der Waals surface area contributed by atoms with Gasteiger partial charge in [-0.15, -0.1) is 20.4 Å². The third-order valence-electron chi connectivity index (χ3n) is 3.32. The first-order chi connectivity index (χ1) is 12.2. The summed E-state index contributed by atoms with van der Waals surface area (Å²) in [5, 5.41) is 19.8. The molecule has 0 fully saturated rings. The van der Waals surface area contributed by atoms with E-state index >= 15 is 0 Å². The molecule has 0 saturated carbocycles. The van der Waals surface area contributed by atoms with Gasteiger partial charge < -0.3 is 9.30 Å². The van der Waals surface area contributed by atoms with Crippen LogP contribution in [0.3, 0.4) is 0 Å². The van der Waals surface area contributed by atoms with E-state index in [-0.39, 0.29) is 11.7 Å². The molecule has 130 valence electrons. The number of rotatable bonds is 7. The molecule has 3 rings (SSSR count). The molecular formula is C15H16N6O2S2. The highest BCUT2D eigenvalue weighted by molar-refractivity contribution is 7.99. The van der Waals surface area contributed by atoms with E-state index in [4.69, 9.17) is 4.74 Å². The van der Waals surface area contributed by atoms with Crippen LogP contribution in [-0.2, 0) is 11.3 Å². The standard InChI is InChI=1S/C15H16N6O2S2/c1-3-21-13(10-6-4-5-7-11(10)23-2)18-20-15(21)24-8-12(22)17-14-19-16-9-25-14/h4-7,9H,3,8H2,1-2H3,(H,17,19,22). The van der Waals surface area contributed by atoms with Crippen molar-refractivity contribution < 1.29 is 9.53 Å². The number of para-hydroxylation sites is 1. The number of methoxy groups -OCH3 is 1. The highest BCUT2D eigenvalue weighted by Gasteiger charge is 2.17. The Morgan fingerprint density at radius 2 is 2.16 bits per heavy atom. The van der Waals surface area contributed by atoms with E-state index in [1.54, 1.807) is 12.6 Å². The van der Waals surface area contributed by atoms with E-state index in [1.165, 1.54) is 23.1 Å². The molecular weight excluding hydrogens is 360 g/mol. The van der Waals surface area contributed by atoms with Crippen LogP contribution in [0, 0.1) is 0 Å². The van der Waals surface area contributed by atoms with Crippen molar-refractivity contribution >= 4 is 34.1 Å². The lowest BCUT2D eigenvalue weighted by Gasteiger charge is -2.10. The molecule has 2 aromatic heterocycles. The maximum atomic E-state index is 12.0. The number of ether oxygens (including phenoxy) is 1. The van der Waals surface area contributed by atoms with Crippen LogP contribution < -0.4 is 10.1 Å². The summed E-state index contributed by atoms with van der Waals surface area (Å²) < 4.78 is 7.36. The molecule has 8 nitrogen and oxygen atoms in total. The van der Waals surface area contributed by atoms with Crippen molar-refractivity contribution in [2.75, 3.05) is 18.2 Å². The lowest BCUT2D eigenvalue weighted by molar-refractivity contribution is -0.113. The average Bonchev–Trinajstić information content (AvgIpc) is 3.29. The summed E-state index contributed by atoms with van der Waals surface area (Å²) in [5.41, 5.74) is 2.43. The first kappa shape index (κ1) is 17.4. The minimum Gasteiger partial charge on any atom is -0.496 e. The molecule has 2 heterocycles. The number of hydrogen-bond donors (Lipinski definition) is 1. The number of hydrogen-bond acceptors (Lipinski definition) is 8. The van der Waals surface area contributed by atoms with Gasteiger partial charge in [-0.2, -0.15) is 0 Å². The van der Waals surface area contributed by atoms with Gasteiger partial charge in [-0.1, -0.05) is 35.2 Å².